The van der Waals surface area contributed by atoms with E-state index < -0.39 is 0 Å². The molecule has 0 spiro atoms. The highest BCUT2D eigenvalue weighted by atomic mass is 15.1. The van der Waals surface area contributed by atoms with E-state index in [1.54, 1.807) is 5.57 Å². The lowest BCUT2D eigenvalue weighted by Crippen LogP contribution is -2.29. The minimum atomic E-state index is 0.194. The van der Waals surface area contributed by atoms with Gasteiger partial charge in [0.05, 0.1) is 0 Å². The third-order valence-electron chi connectivity index (χ3n) is 4.33. The molecule has 0 aromatic heterocycles. The molecule has 0 saturated heterocycles. The molecule has 0 radical (unpaired) electrons. The summed E-state index contributed by atoms with van der Waals surface area (Å²) in [6.07, 6.45) is 1.19. The number of nitrogen functional groups attached to an aromatic ring is 1. The number of benzene rings is 1. The molecule has 1 aliphatic carbocycles. The minimum absolute atomic E-state index is 0.194. The van der Waals surface area contributed by atoms with Crippen LogP contribution in [0.4, 0.5) is 5.69 Å². The number of hydrogen-bond acceptors (Lipinski definition) is 2. The summed E-state index contributed by atoms with van der Waals surface area (Å²) in [4.78, 5) is 2.40. The summed E-state index contributed by atoms with van der Waals surface area (Å²) in [7, 11) is 2.20. The third-order valence-corrected chi connectivity index (χ3v) is 4.33. The highest BCUT2D eigenvalue weighted by Gasteiger charge is 2.39. The smallest absolute Gasteiger partial charge is 0.0320 e. The van der Waals surface area contributed by atoms with Gasteiger partial charge in [-0.2, -0.15) is 0 Å². The van der Waals surface area contributed by atoms with E-state index in [-0.39, 0.29) is 5.41 Å². The van der Waals surface area contributed by atoms with Gasteiger partial charge in [0.1, 0.15) is 0 Å². The van der Waals surface area contributed by atoms with E-state index >= 15 is 0 Å². The molecule has 0 bridgehead atoms. The van der Waals surface area contributed by atoms with Crippen LogP contribution in [0.5, 0.6) is 0 Å². The van der Waals surface area contributed by atoms with Gasteiger partial charge >= 0.3 is 0 Å². The number of hydrogen-bond donors (Lipinski definition) is 1. The second-order valence-electron chi connectivity index (χ2n) is 5.87. The SMILES string of the molecule is CN1CCC2=C(C1)c1cc(N)ccc1C2(C)C. The van der Waals surface area contributed by atoms with E-state index in [1.165, 1.54) is 29.7 Å². The summed E-state index contributed by atoms with van der Waals surface area (Å²) in [5, 5.41) is 0. The normalized spacial score (nSPS) is 22.5. The second kappa shape index (κ2) is 3.36. The van der Waals surface area contributed by atoms with Gasteiger partial charge in [-0.15, -0.1) is 0 Å². The van der Waals surface area contributed by atoms with Crippen molar-refractivity contribution in [2.24, 2.45) is 0 Å². The van der Waals surface area contributed by atoms with Crippen molar-refractivity contribution in [2.75, 3.05) is 25.9 Å². The maximum atomic E-state index is 5.94. The molecular formula is C15H20N2. The first-order valence-corrected chi connectivity index (χ1v) is 6.31. The van der Waals surface area contributed by atoms with Gasteiger partial charge in [0.25, 0.3) is 0 Å². The first-order valence-electron chi connectivity index (χ1n) is 6.31. The number of fused-ring (bicyclic) bond motifs is 2. The molecule has 90 valence electrons. The van der Waals surface area contributed by atoms with Gasteiger partial charge in [0.15, 0.2) is 0 Å². The van der Waals surface area contributed by atoms with Gasteiger partial charge in [-0.05, 0) is 42.3 Å². The maximum Gasteiger partial charge on any atom is 0.0320 e. The number of likely N-dealkylation sites (N-methyl/N-ethyl adjacent to an activating group) is 1. The van der Waals surface area contributed by atoms with E-state index in [0.717, 1.165) is 12.2 Å². The Balaban J connectivity index is 2.21. The predicted molar refractivity (Wildman–Crippen MR) is 72.9 cm³/mol. The van der Waals surface area contributed by atoms with Gasteiger partial charge in [-0.1, -0.05) is 25.5 Å². The van der Waals surface area contributed by atoms with Gasteiger partial charge in [-0.3, -0.25) is 0 Å². The Morgan fingerprint density at radius 2 is 2.06 bits per heavy atom. The van der Waals surface area contributed by atoms with Crippen LogP contribution in [0.2, 0.25) is 0 Å². The lowest BCUT2D eigenvalue weighted by molar-refractivity contribution is 0.358. The number of rotatable bonds is 0. The Labute approximate surface area is 103 Å². The fraction of sp³-hybridized carbons (Fsp3) is 0.467. The summed E-state index contributed by atoms with van der Waals surface area (Å²) in [6, 6.07) is 6.39. The van der Waals surface area contributed by atoms with Crippen LogP contribution < -0.4 is 5.73 Å². The molecular weight excluding hydrogens is 208 g/mol. The van der Waals surface area contributed by atoms with Crippen molar-refractivity contribution in [1.82, 2.24) is 4.90 Å². The van der Waals surface area contributed by atoms with Crippen molar-refractivity contribution >= 4 is 11.3 Å². The second-order valence-corrected chi connectivity index (χ2v) is 5.87. The van der Waals surface area contributed by atoms with E-state index in [9.17, 15) is 0 Å². The largest absolute Gasteiger partial charge is 0.399 e. The predicted octanol–water partition coefficient (Wildman–Crippen LogP) is 2.65. The van der Waals surface area contributed by atoms with Crippen LogP contribution in [0.3, 0.4) is 0 Å². The highest BCUT2D eigenvalue weighted by molar-refractivity contribution is 5.83. The van der Waals surface area contributed by atoms with Crippen LogP contribution in [0.15, 0.2) is 23.8 Å². The minimum Gasteiger partial charge on any atom is -0.399 e. The molecule has 3 rings (SSSR count). The number of nitrogens with zero attached hydrogens (tertiary/aromatic N) is 1. The van der Waals surface area contributed by atoms with Crippen molar-refractivity contribution in [3.05, 3.63) is 34.9 Å². The third kappa shape index (κ3) is 1.44. The Kier molecular flexibility index (Phi) is 2.14. The molecule has 2 heteroatoms. The summed E-state index contributed by atoms with van der Waals surface area (Å²) >= 11 is 0. The summed E-state index contributed by atoms with van der Waals surface area (Å²) in [6.45, 7) is 6.92. The van der Waals surface area contributed by atoms with E-state index in [0.29, 0.717) is 0 Å². The van der Waals surface area contributed by atoms with Crippen molar-refractivity contribution in [1.29, 1.82) is 0 Å². The summed E-state index contributed by atoms with van der Waals surface area (Å²) in [5.74, 6) is 0. The maximum absolute atomic E-state index is 5.94. The Morgan fingerprint density at radius 3 is 2.82 bits per heavy atom. The average Bonchev–Trinajstić information content (AvgIpc) is 2.47. The Bertz CT molecular complexity index is 512. The molecule has 1 aromatic rings. The summed E-state index contributed by atoms with van der Waals surface area (Å²) < 4.78 is 0. The zero-order chi connectivity index (χ0) is 12.2. The first-order chi connectivity index (χ1) is 8.00. The van der Waals surface area contributed by atoms with Crippen LogP contribution in [0.1, 0.15) is 31.4 Å². The fourth-order valence-corrected chi connectivity index (χ4v) is 3.35. The van der Waals surface area contributed by atoms with Gasteiger partial charge in [-0.25, -0.2) is 0 Å². The lowest BCUT2D eigenvalue weighted by Gasteiger charge is -2.30. The average molecular weight is 228 g/mol. The van der Waals surface area contributed by atoms with Crippen LogP contribution >= 0.6 is 0 Å². The zero-order valence-electron chi connectivity index (χ0n) is 10.9. The molecule has 17 heavy (non-hydrogen) atoms. The molecule has 0 amide bonds. The summed E-state index contributed by atoms with van der Waals surface area (Å²) in [5.41, 5.74) is 13.0. The zero-order valence-corrected chi connectivity index (χ0v) is 10.9. The molecule has 2 nitrogen and oxygen atoms in total. The topological polar surface area (TPSA) is 29.3 Å². The van der Waals surface area contributed by atoms with Gasteiger partial charge in [0, 0.05) is 24.2 Å². The van der Waals surface area contributed by atoms with Crippen LogP contribution in [0, 0.1) is 0 Å². The number of nitrogens with two attached hydrogens (primary N) is 1. The van der Waals surface area contributed by atoms with Gasteiger partial charge < -0.3 is 10.6 Å². The molecule has 0 atom stereocenters. The molecule has 0 saturated carbocycles. The van der Waals surface area contributed by atoms with Gasteiger partial charge in [0.2, 0.25) is 0 Å². The van der Waals surface area contributed by atoms with Crippen molar-refractivity contribution in [3.63, 3.8) is 0 Å². The van der Waals surface area contributed by atoms with Crippen LogP contribution in [-0.2, 0) is 5.41 Å². The van der Waals surface area contributed by atoms with Crippen LogP contribution in [0.25, 0.3) is 5.57 Å². The van der Waals surface area contributed by atoms with E-state index in [1.807, 2.05) is 6.07 Å². The highest BCUT2D eigenvalue weighted by Crippen LogP contribution is 2.49. The fourth-order valence-electron chi connectivity index (χ4n) is 3.35. The lowest BCUT2D eigenvalue weighted by atomic mass is 9.79. The first kappa shape index (κ1) is 10.8. The molecule has 0 unspecified atom stereocenters. The monoisotopic (exact) mass is 228 g/mol. The Morgan fingerprint density at radius 1 is 1.29 bits per heavy atom. The van der Waals surface area contributed by atoms with E-state index in [4.69, 9.17) is 5.73 Å². The molecule has 2 aliphatic rings. The number of anilines is 1. The molecule has 2 N–H and O–H groups in total. The van der Waals surface area contributed by atoms with Crippen molar-refractivity contribution in [3.8, 4) is 0 Å². The quantitative estimate of drug-likeness (QED) is 0.692. The van der Waals surface area contributed by atoms with Crippen molar-refractivity contribution < 1.29 is 0 Å². The standard InChI is InChI=1S/C15H20N2/c1-15(2)13-5-4-10(16)8-11(13)12-9-17(3)7-6-14(12)15/h4-5,8H,6-7,9,16H2,1-3H3. The molecule has 1 aromatic carbocycles. The Hall–Kier alpha value is -1.28. The van der Waals surface area contributed by atoms with Crippen LogP contribution in [-0.4, -0.2) is 25.0 Å². The van der Waals surface area contributed by atoms with Crippen molar-refractivity contribution in [2.45, 2.75) is 25.7 Å². The molecule has 0 fully saturated rings. The molecule has 1 aliphatic heterocycles. The van der Waals surface area contributed by atoms with E-state index in [2.05, 4.69) is 37.9 Å². The molecule has 1 heterocycles.